The fourth-order valence-electron chi connectivity index (χ4n) is 3.42. The first-order valence-corrected chi connectivity index (χ1v) is 9.30. The number of carbonyl (C=O) groups excluding carboxylic acids is 1. The Bertz CT molecular complexity index is 744. The minimum Gasteiger partial charge on any atom is -0.382 e. The fourth-order valence-corrected chi connectivity index (χ4v) is 3.42. The first-order valence-electron chi connectivity index (χ1n) is 9.30. The third kappa shape index (κ3) is 3.67. The van der Waals surface area contributed by atoms with E-state index in [0.29, 0.717) is 18.4 Å². The molecule has 0 spiro atoms. The normalized spacial score (nSPS) is 18.4. The smallest absolute Gasteiger partial charge is 0.222 e. The zero-order valence-corrected chi connectivity index (χ0v) is 14.7. The molecule has 6 heteroatoms. The highest BCUT2D eigenvalue weighted by molar-refractivity contribution is 5.75. The average Bonchev–Trinajstić information content (AvgIpc) is 3.39. The third-order valence-electron chi connectivity index (χ3n) is 5.11. The van der Waals surface area contributed by atoms with Crippen LogP contribution in [0.3, 0.4) is 0 Å². The Balaban J connectivity index is 1.39. The molecule has 2 N–H and O–H groups in total. The summed E-state index contributed by atoms with van der Waals surface area (Å²) in [4.78, 5) is 18.4. The number of piperidine rings is 1. The molecule has 1 aromatic heterocycles. The van der Waals surface area contributed by atoms with E-state index >= 15 is 0 Å². The fraction of sp³-hybridized carbons (Fsp3) is 0.526. The number of amides is 1. The van der Waals surface area contributed by atoms with Gasteiger partial charge in [0.25, 0.3) is 0 Å². The van der Waals surface area contributed by atoms with Gasteiger partial charge in [0.15, 0.2) is 5.82 Å². The Morgan fingerprint density at radius 2 is 2.08 bits per heavy atom. The lowest BCUT2D eigenvalue weighted by Gasteiger charge is -2.32. The van der Waals surface area contributed by atoms with Crippen LogP contribution < -0.4 is 5.32 Å². The second-order valence-corrected chi connectivity index (χ2v) is 7.05. The molecule has 2 aromatic rings. The van der Waals surface area contributed by atoms with Gasteiger partial charge in [0.2, 0.25) is 5.91 Å². The Kier molecular flexibility index (Phi) is 4.42. The molecule has 1 amide bonds. The topological polar surface area (TPSA) is 73.9 Å². The molecule has 0 unspecified atom stereocenters. The first-order chi connectivity index (χ1) is 12.2. The van der Waals surface area contributed by atoms with Crippen molar-refractivity contribution in [1.29, 1.82) is 0 Å². The minimum absolute atomic E-state index is 0.261. The molecule has 4 rings (SSSR count). The van der Waals surface area contributed by atoms with E-state index in [4.69, 9.17) is 0 Å². The van der Waals surface area contributed by atoms with Gasteiger partial charge in [0, 0.05) is 42.7 Å². The number of benzene rings is 1. The number of likely N-dealkylation sites (tertiary alicyclic amines) is 1. The first kappa shape index (κ1) is 16.1. The lowest BCUT2D eigenvalue weighted by atomic mass is 10.0. The van der Waals surface area contributed by atoms with Crippen molar-refractivity contribution in [3.05, 3.63) is 30.1 Å². The average molecular weight is 339 g/mol. The van der Waals surface area contributed by atoms with Crippen molar-refractivity contribution in [2.24, 2.45) is 0 Å². The Hall–Kier alpha value is -2.37. The Morgan fingerprint density at radius 1 is 1.28 bits per heavy atom. The second kappa shape index (κ2) is 6.86. The van der Waals surface area contributed by atoms with Crippen LogP contribution in [0.2, 0.25) is 0 Å². The highest BCUT2D eigenvalue weighted by Crippen LogP contribution is 2.38. The van der Waals surface area contributed by atoms with E-state index in [1.54, 1.807) is 0 Å². The molecule has 1 saturated heterocycles. The summed E-state index contributed by atoms with van der Waals surface area (Å²) in [5.41, 5.74) is 2.13. The quantitative estimate of drug-likeness (QED) is 0.877. The number of nitrogens with one attached hydrogen (secondary N) is 2. The van der Waals surface area contributed by atoms with Crippen molar-refractivity contribution in [2.75, 3.05) is 18.4 Å². The van der Waals surface area contributed by atoms with Crippen LogP contribution in [-0.4, -0.2) is 45.1 Å². The van der Waals surface area contributed by atoms with Crippen LogP contribution in [0.15, 0.2) is 24.3 Å². The van der Waals surface area contributed by atoms with Gasteiger partial charge in [-0.3, -0.25) is 9.89 Å². The second-order valence-electron chi connectivity index (χ2n) is 7.05. The molecule has 2 fully saturated rings. The standard InChI is InChI=1S/C19H25N5O/c1-2-17(25)24-10-8-15(9-11-24)20-16-5-3-4-14(12-16)19-21-18(22-23-19)13-6-7-13/h3-5,12-13,15,20H,2,6-11H2,1H3,(H,21,22,23). The maximum absolute atomic E-state index is 11.8. The summed E-state index contributed by atoms with van der Waals surface area (Å²) in [7, 11) is 0. The summed E-state index contributed by atoms with van der Waals surface area (Å²) in [5.74, 6) is 2.63. The molecule has 0 radical (unpaired) electrons. The Labute approximate surface area is 148 Å². The molecular formula is C19H25N5O. The number of carbonyl (C=O) groups is 1. The van der Waals surface area contributed by atoms with Crippen LogP contribution >= 0.6 is 0 Å². The zero-order chi connectivity index (χ0) is 17.2. The van der Waals surface area contributed by atoms with E-state index in [1.165, 1.54) is 12.8 Å². The van der Waals surface area contributed by atoms with Gasteiger partial charge in [-0.15, -0.1) is 0 Å². The van der Waals surface area contributed by atoms with Gasteiger partial charge < -0.3 is 10.2 Å². The molecule has 132 valence electrons. The predicted octanol–water partition coefficient (Wildman–Crippen LogP) is 3.16. The summed E-state index contributed by atoms with van der Waals surface area (Å²) in [6.45, 7) is 3.61. The molecule has 0 atom stereocenters. The molecule has 1 aliphatic heterocycles. The molecule has 1 aliphatic carbocycles. The molecule has 6 nitrogen and oxygen atoms in total. The van der Waals surface area contributed by atoms with Crippen LogP contribution in [0.25, 0.3) is 11.4 Å². The maximum atomic E-state index is 11.8. The number of rotatable bonds is 5. The molecule has 0 bridgehead atoms. The molecule has 1 aromatic carbocycles. The number of hydrogen-bond donors (Lipinski definition) is 2. The van der Waals surface area contributed by atoms with Gasteiger partial charge in [-0.2, -0.15) is 5.10 Å². The summed E-state index contributed by atoms with van der Waals surface area (Å²) in [5, 5.41) is 11.0. The lowest BCUT2D eigenvalue weighted by Crippen LogP contribution is -2.42. The van der Waals surface area contributed by atoms with Gasteiger partial charge in [0.05, 0.1) is 0 Å². The number of anilines is 1. The summed E-state index contributed by atoms with van der Waals surface area (Å²) < 4.78 is 0. The molecule has 1 saturated carbocycles. The SMILES string of the molecule is CCC(=O)N1CCC(Nc2cccc(-c3n[nH]c(C4CC4)n3)c2)CC1. The van der Waals surface area contributed by atoms with Crippen molar-refractivity contribution in [2.45, 2.75) is 51.0 Å². The number of aromatic nitrogens is 3. The van der Waals surface area contributed by atoms with Gasteiger partial charge >= 0.3 is 0 Å². The largest absolute Gasteiger partial charge is 0.382 e. The summed E-state index contributed by atoms with van der Waals surface area (Å²) in [6, 6.07) is 8.70. The van der Waals surface area contributed by atoms with E-state index < -0.39 is 0 Å². The van der Waals surface area contributed by atoms with Crippen LogP contribution in [0, 0.1) is 0 Å². The number of nitrogens with zero attached hydrogens (tertiary/aromatic N) is 3. The summed E-state index contributed by atoms with van der Waals surface area (Å²) in [6.07, 6.45) is 5.01. The van der Waals surface area contributed by atoms with Crippen molar-refractivity contribution >= 4 is 11.6 Å². The molecule has 2 aliphatic rings. The molecule has 2 heterocycles. The number of hydrogen-bond acceptors (Lipinski definition) is 4. The van der Waals surface area contributed by atoms with Gasteiger partial charge in [0.1, 0.15) is 5.82 Å². The Morgan fingerprint density at radius 3 is 2.80 bits per heavy atom. The van der Waals surface area contributed by atoms with Crippen molar-refractivity contribution in [3.8, 4) is 11.4 Å². The van der Waals surface area contributed by atoms with Crippen molar-refractivity contribution < 1.29 is 4.79 Å². The van der Waals surface area contributed by atoms with E-state index in [0.717, 1.165) is 48.8 Å². The van der Waals surface area contributed by atoms with E-state index in [1.807, 2.05) is 24.0 Å². The predicted molar refractivity (Wildman–Crippen MR) is 97.3 cm³/mol. The highest BCUT2D eigenvalue weighted by Gasteiger charge is 2.27. The minimum atomic E-state index is 0.261. The molecular weight excluding hydrogens is 314 g/mol. The van der Waals surface area contributed by atoms with E-state index in [2.05, 4.69) is 32.6 Å². The van der Waals surface area contributed by atoms with E-state index in [-0.39, 0.29) is 5.91 Å². The lowest BCUT2D eigenvalue weighted by molar-refractivity contribution is -0.131. The highest BCUT2D eigenvalue weighted by atomic mass is 16.2. The number of H-pyrrole nitrogens is 1. The van der Waals surface area contributed by atoms with Crippen LogP contribution in [0.5, 0.6) is 0 Å². The zero-order valence-electron chi connectivity index (χ0n) is 14.7. The van der Waals surface area contributed by atoms with E-state index in [9.17, 15) is 4.79 Å². The summed E-state index contributed by atoms with van der Waals surface area (Å²) >= 11 is 0. The number of aromatic amines is 1. The van der Waals surface area contributed by atoms with Gasteiger partial charge in [-0.25, -0.2) is 4.98 Å². The van der Waals surface area contributed by atoms with Crippen LogP contribution in [0.4, 0.5) is 5.69 Å². The van der Waals surface area contributed by atoms with Crippen LogP contribution in [-0.2, 0) is 4.79 Å². The van der Waals surface area contributed by atoms with Crippen molar-refractivity contribution in [1.82, 2.24) is 20.1 Å². The molecule has 25 heavy (non-hydrogen) atoms. The third-order valence-corrected chi connectivity index (χ3v) is 5.11. The maximum Gasteiger partial charge on any atom is 0.222 e. The van der Waals surface area contributed by atoms with Crippen LogP contribution in [0.1, 0.15) is 50.8 Å². The van der Waals surface area contributed by atoms with Gasteiger partial charge in [-0.05, 0) is 37.8 Å². The van der Waals surface area contributed by atoms with Gasteiger partial charge in [-0.1, -0.05) is 19.1 Å². The van der Waals surface area contributed by atoms with Crippen molar-refractivity contribution in [3.63, 3.8) is 0 Å². The monoisotopic (exact) mass is 339 g/mol.